The summed E-state index contributed by atoms with van der Waals surface area (Å²) in [5.74, 6) is 0.166. The molecule has 0 radical (unpaired) electrons. The van der Waals surface area contributed by atoms with Crippen molar-refractivity contribution in [1.82, 2.24) is 15.1 Å². The zero-order valence-electron chi connectivity index (χ0n) is 11.7. The molecular weight excluding hydrogens is 248 g/mol. The summed E-state index contributed by atoms with van der Waals surface area (Å²) in [5.41, 5.74) is -1.22. The number of carbonyl (C=O) groups is 2. The second kappa shape index (κ2) is 4.11. The van der Waals surface area contributed by atoms with Crippen LogP contribution in [0, 0.1) is 5.41 Å². The molecule has 7 nitrogen and oxygen atoms in total. The minimum atomic E-state index is -0.678. The summed E-state index contributed by atoms with van der Waals surface area (Å²) >= 11 is 0. The van der Waals surface area contributed by atoms with Crippen LogP contribution in [0.2, 0.25) is 0 Å². The van der Waals surface area contributed by atoms with Crippen molar-refractivity contribution < 1.29 is 14.3 Å². The summed E-state index contributed by atoms with van der Waals surface area (Å²) in [6.45, 7) is 8.41. The van der Waals surface area contributed by atoms with Crippen LogP contribution in [0.4, 0.5) is 9.59 Å². The Kier molecular flexibility index (Phi) is 2.95. The number of urea groups is 1. The Morgan fingerprint density at radius 1 is 1.47 bits per heavy atom. The van der Waals surface area contributed by atoms with Gasteiger partial charge in [0.15, 0.2) is 0 Å². The second-order valence-electron chi connectivity index (χ2n) is 5.92. The summed E-state index contributed by atoms with van der Waals surface area (Å²) < 4.78 is 5.27. The number of nitrogens with one attached hydrogen (secondary N) is 2. The molecular formula is C12H20N4O3. The molecule has 7 heteroatoms. The summed E-state index contributed by atoms with van der Waals surface area (Å²) in [6, 6.07) is -0.267. The Morgan fingerprint density at radius 3 is 2.53 bits per heavy atom. The highest BCUT2D eigenvalue weighted by Crippen LogP contribution is 2.33. The van der Waals surface area contributed by atoms with Crippen molar-refractivity contribution in [2.45, 2.75) is 38.8 Å². The van der Waals surface area contributed by atoms with Crippen LogP contribution in [-0.4, -0.2) is 58.5 Å². The molecule has 0 atom stereocenters. The van der Waals surface area contributed by atoms with Crippen LogP contribution in [0.25, 0.3) is 0 Å². The van der Waals surface area contributed by atoms with E-state index in [0.717, 1.165) is 0 Å². The van der Waals surface area contributed by atoms with Crippen LogP contribution in [0.3, 0.4) is 0 Å². The van der Waals surface area contributed by atoms with E-state index in [4.69, 9.17) is 10.1 Å². The van der Waals surface area contributed by atoms with Crippen molar-refractivity contribution in [3.63, 3.8) is 0 Å². The summed E-state index contributed by atoms with van der Waals surface area (Å²) in [4.78, 5) is 26.7. The lowest BCUT2D eigenvalue weighted by atomic mass is 9.88. The number of amides is 3. The molecule has 3 amide bonds. The van der Waals surface area contributed by atoms with Gasteiger partial charge in [0, 0.05) is 6.54 Å². The summed E-state index contributed by atoms with van der Waals surface area (Å²) in [5, 5.41) is 10.4. The maximum Gasteiger partial charge on any atom is 0.410 e. The van der Waals surface area contributed by atoms with E-state index in [2.05, 4.69) is 5.32 Å². The van der Waals surface area contributed by atoms with E-state index >= 15 is 0 Å². The van der Waals surface area contributed by atoms with Gasteiger partial charge in [-0.15, -0.1) is 0 Å². The van der Waals surface area contributed by atoms with Crippen LogP contribution < -0.4 is 5.32 Å². The van der Waals surface area contributed by atoms with Crippen molar-refractivity contribution >= 4 is 18.0 Å². The van der Waals surface area contributed by atoms with Crippen molar-refractivity contribution in [3.8, 4) is 0 Å². The fraction of sp³-hybridized carbons (Fsp3) is 0.750. The Balaban J connectivity index is 2.03. The number of carbonyl (C=O) groups excluding carboxylic acids is 2. The van der Waals surface area contributed by atoms with Crippen LogP contribution >= 0.6 is 0 Å². The van der Waals surface area contributed by atoms with Gasteiger partial charge < -0.3 is 14.5 Å². The highest BCUT2D eigenvalue weighted by atomic mass is 16.6. The third-order valence-electron chi connectivity index (χ3n) is 3.33. The molecule has 19 heavy (non-hydrogen) atoms. The first-order valence-electron chi connectivity index (χ1n) is 6.35. The zero-order chi connectivity index (χ0) is 14.4. The SMILES string of the molecule is CCN1C(=O)NC(=N)C12CN(C(=O)OC(C)(C)C)C2. The van der Waals surface area contributed by atoms with Gasteiger partial charge in [-0.2, -0.15) is 0 Å². The monoisotopic (exact) mass is 268 g/mol. The van der Waals surface area contributed by atoms with E-state index in [1.165, 1.54) is 4.90 Å². The molecule has 2 rings (SSSR count). The number of ether oxygens (including phenoxy) is 1. The molecule has 0 aromatic carbocycles. The number of hydrogen-bond acceptors (Lipinski definition) is 4. The molecule has 2 N–H and O–H groups in total. The van der Waals surface area contributed by atoms with E-state index in [1.807, 2.05) is 27.7 Å². The molecule has 1 spiro atoms. The molecule has 0 aromatic rings. The molecule has 0 bridgehead atoms. The minimum absolute atomic E-state index is 0.166. The first-order chi connectivity index (χ1) is 8.69. The second-order valence-corrected chi connectivity index (χ2v) is 5.92. The number of rotatable bonds is 1. The van der Waals surface area contributed by atoms with E-state index < -0.39 is 17.2 Å². The molecule has 0 saturated carbocycles. The van der Waals surface area contributed by atoms with Crippen molar-refractivity contribution in [2.24, 2.45) is 0 Å². The van der Waals surface area contributed by atoms with Gasteiger partial charge in [0.1, 0.15) is 17.0 Å². The molecule has 2 aliphatic rings. The smallest absolute Gasteiger partial charge is 0.410 e. The topological polar surface area (TPSA) is 85.7 Å². The maximum absolute atomic E-state index is 11.9. The standard InChI is InChI=1S/C12H20N4O3/c1-5-16-9(17)14-8(13)12(16)6-15(7-12)10(18)19-11(2,3)4/h5-7H2,1-4H3,(H2,13,14,17). The molecule has 106 valence electrons. The number of amidine groups is 1. The number of likely N-dealkylation sites (tertiary alicyclic amines) is 1. The van der Waals surface area contributed by atoms with Gasteiger partial charge in [0.25, 0.3) is 0 Å². The van der Waals surface area contributed by atoms with Crippen molar-refractivity contribution in [1.29, 1.82) is 5.41 Å². The molecule has 0 unspecified atom stereocenters. The van der Waals surface area contributed by atoms with Crippen LogP contribution in [0.1, 0.15) is 27.7 Å². The maximum atomic E-state index is 11.9. The van der Waals surface area contributed by atoms with Gasteiger partial charge >= 0.3 is 12.1 Å². The van der Waals surface area contributed by atoms with E-state index in [9.17, 15) is 9.59 Å². The predicted octanol–water partition coefficient (Wildman–Crippen LogP) is 0.998. The molecule has 2 saturated heterocycles. The Bertz CT molecular complexity index is 435. The molecule has 2 aliphatic heterocycles. The van der Waals surface area contributed by atoms with Gasteiger partial charge in [-0.3, -0.25) is 10.7 Å². The zero-order valence-corrected chi connectivity index (χ0v) is 11.7. The molecule has 0 aliphatic carbocycles. The quantitative estimate of drug-likeness (QED) is 0.744. The lowest BCUT2D eigenvalue weighted by molar-refractivity contribution is -0.0193. The van der Waals surface area contributed by atoms with Gasteiger partial charge in [-0.05, 0) is 27.7 Å². The molecule has 0 aromatic heterocycles. The van der Waals surface area contributed by atoms with Gasteiger partial charge in [-0.25, -0.2) is 9.59 Å². The van der Waals surface area contributed by atoms with Crippen LogP contribution in [0.5, 0.6) is 0 Å². The van der Waals surface area contributed by atoms with Gasteiger partial charge in [0.2, 0.25) is 0 Å². The number of likely N-dealkylation sites (N-methyl/N-ethyl adjacent to an activating group) is 1. The van der Waals surface area contributed by atoms with Crippen molar-refractivity contribution in [3.05, 3.63) is 0 Å². The predicted molar refractivity (Wildman–Crippen MR) is 69.2 cm³/mol. The van der Waals surface area contributed by atoms with E-state index in [1.54, 1.807) is 4.90 Å². The Morgan fingerprint density at radius 2 is 2.05 bits per heavy atom. The Hall–Kier alpha value is -1.79. The fourth-order valence-electron chi connectivity index (χ4n) is 2.44. The first kappa shape index (κ1) is 13.6. The minimum Gasteiger partial charge on any atom is -0.444 e. The highest BCUT2D eigenvalue weighted by Gasteiger charge is 2.59. The largest absolute Gasteiger partial charge is 0.444 e. The van der Waals surface area contributed by atoms with Gasteiger partial charge in [0.05, 0.1) is 13.1 Å². The molecule has 2 fully saturated rings. The lowest BCUT2D eigenvalue weighted by Crippen LogP contribution is -2.72. The average Bonchev–Trinajstić information content (AvgIpc) is 2.43. The average molecular weight is 268 g/mol. The first-order valence-corrected chi connectivity index (χ1v) is 6.35. The molecule has 2 heterocycles. The van der Waals surface area contributed by atoms with Crippen molar-refractivity contribution in [2.75, 3.05) is 19.6 Å². The van der Waals surface area contributed by atoms with Crippen LogP contribution in [-0.2, 0) is 4.74 Å². The third-order valence-corrected chi connectivity index (χ3v) is 3.33. The number of hydrogen-bond donors (Lipinski definition) is 2. The summed E-state index contributed by atoms with van der Waals surface area (Å²) in [7, 11) is 0. The van der Waals surface area contributed by atoms with Gasteiger partial charge in [-0.1, -0.05) is 0 Å². The Labute approximate surface area is 112 Å². The number of nitrogens with zero attached hydrogens (tertiary/aromatic N) is 2. The third kappa shape index (κ3) is 2.13. The highest BCUT2D eigenvalue weighted by molar-refractivity contribution is 6.10. The lowest BCUT2D eigenvalue weighted by Gasteiger charge is -2.50. The van der Waals surface area contributed by atoms with E-state index in [0.29, 0.717) is 19.6 Å². The van der Waals surface area contributed by atoms with Crippen LogP contribution in [0.15, 0.2) is 0 Å². The van der Waals surface area contributed by atoms with E-state index in [-0.39, 0.29) is 11.9 Å². The summed E-state index contributed by atoms with van der Waals surface area (Å²) in [6.07, 6.45) is -0.402. The fourth-order valence-corrected chi connectivity index (χ4v) is 2.44. The normalized spacial score (nSPS) is 21.5.